The number of carbonyl (C=O) groups is 2. The quantitative estimate of drug-likeness (QED) is 0.846. The van der Waals surface area contributed by atoms with Crippen LogP contribution < -0.4 is 15.1 Å². The summed E-state index contributed by atoms with van der Waals surface area (Å²) in [7, 11) is 0. The lowest BCUT2D eigenvalue weighted by molar-refractivity contribution is -0.126. The van der Waals surface area contributed by atoms with Gasteiger partial charge >= 0.3 is 0 Å². The van der Waals surface area contributed by atoms with Crippen LogP contribution in [0.2, 0.25) is 0 Å². The molecule has 0 spiro atoms. The van der Waals surface area contributed by atoms with Crippen molar-refractivity contribution in [3.63, 3.8) is 0 Å². The number of carbonyl (C=O) groups excluding carboxylic acids is 2. The predicted octanol–water partition coefficient (Wildman–Crippen LogP) is 3.65. The van der Waals surface area contributed by atoms with Crippen LogP contribution in [0.1, 0.15) is 36.8 Å². The molecule has 29 heavy (non-hydrogen) atoms. The van der Waals surface area contributed by atoms with Crippen molar-refractivity contribution in [3.05, 3.63) is 59.7 Å². The largest absolute Gasteiger partial charge is 0.372 e. The standard InChI is InChI=1S/C24H29N3O2/c1-18-6-5-7-19(14-18)16-25-24(29)20-15-23(28)27(17-20)22-10-8-21(9-11-22)26-12-3-2-4-13-26/h5-11,14,20H,2-4,12-13,15-17H2,1H3,(H,25,29). The summed E-state index contributed by atoms with van der Waals surface area (Å²) < 4.78 is 0. The molecule has 2 aliphatic rings. The zero-order chi connectivity index (χ0) is 20.2. The fraction of sp³-hybridized carbons (Fsp3) is 0.417. The molecule has 0 radical (unpaired) electrons. The van der Waals surface area contributed by atoms with E-state index in [0.717, 1.165) is 24.3 Å². The number of aryl methyl sites for hydroxylation is 1. The Kier molecular flexibility index (Phi) is 5.84. The van der Waals surface area contributed by atoms with Crippen molar-refractivity contribution in [2.45, 2.75) is 39.2 Å². The number of nitrogens with zero attached hydrogens (tertiary/aromatic N) is 2. The van der Waals surface area contributed by atoms with E-state index in [1.807, 2.05) is 37.3 Å². The Labute approximate surface area is 172 Å². The fourth-order valence-corrected chi connectivity index (χ4v) is 4.28. The lowest BCUT2D eigenvalue weighted by Gasteiger charge is -2.29. The molecule has 1 atom stereocenters. The van der Waals surface area contributed by atoms with Gasteiger partial charge in [0, 0.05) is 44.0 Å². The molecule has 2 aromatic rings. The van der Waals surface area contributed by atoms with Crippen LogP contribution in [0.15, 0.2) is 48.5 Å². The van der Waals surface area contributed by atoms with Gasteiger partial charge in [-0.05, 0) is 56.0 Å². The third-order valence-electron chi connectivity index (χ3n) is 5.93. The van der Waals surface area contributed by atoms with E-state index in [1.165, 1.54) is 30.5 Å². The van der Waals surface area contributed by atoms with E-state index < -0.39 is 0 Å². The van der Waals surface area contributed by atoms with Crippen LogP contribution in [0.3, 0.4) is 0 Å². The van der Waals surface area contributed by atoms with Crippen LogP contribution in [-0.2, 0) is 16.1 Å². The van der Waals surface area contributed by atoms with Crippen LogP contribution in [-0.4, -0.2) is 31.4 Å². The highest BCUT2D eigenvalue weighted by molar-refractivity contribution is 6.00. The molecule has 2 saturated heterocycles. The Hall–Kier alpha value is -2.82. The Bertz CT molecular complexity index is 872. The van der Waals surface area contributed by atoms with Gasteiger partial charge in [0.05, 0.1) is 5.92 Å². The van der Waals surface area contributed by atoms with Gasteiger partial charge in [-0.2, -0.15) is 0 Å². The number of anilines is 2. The number of nitrogens with one attached hydrogen (secondary N) is 1. The van der Waals surface area contributed by atoms with E-state index in [-0.39, 0.29) is 24.2 Å². The highest BCUT2D eigenvalue weighted by atomic mass is 16.2. The highest BCUT2D eigenvalue weighted by Gasteiger charge is 2.35. The van der Waals surface area contributed by atoms with E-state index in [9.17, 15) is 9.59 Å². The van der Waals surface area contributed by atoms with Crippen molar-refractivity contribution in [3.8, 4) is 0 Å². The van der Waals surface area contributed by atoms with E-state index in [0.29, 0.717) is 13.1 Å². The average molecular weight is 392 g/mol. The first-order valence-corrected chi connectivity index (χ1v) is 10.6. The molecule has 1 N–H and O–H groups in total. The van der Waals surface area contributed by atoms with Gasteiger partial charge in [-0.25, -0.2) is 0 Å². The van der Waals surface area contributed by atoms with Gasteiger partial charge < -0.3 is 15.1 Å². The topological polar surface area (TPSA) is 52.7 Å². The van der Waals surface area contributed by atoms with E-state index in [4.69, 9.17) is 0 Å². The second-order valence-electron chi connectivity index (χ2n) is 8.18. The van der Waals surface area contributed by atoms with Gasteiger partial charge in [0.2, 0.25) is 11.8 Å². The molecular weight excluding hydrogens is 362 g/mol. The Morgan fingerprint density at radius 1 is 1.03 bits per heavy atom. The fourth-order valence-electron chi connectivity index (χ4n) is 4.28. The molecule has 2 fully saturated rings. The summed E-state index contributed by atoms with van der Waals surface area (Å²) in [4.78, 5) is 29.3. The molecular formula is C24H29N3O2. The van der Waals surface area contributed by atoms with Gasteiger partial charge in [-0.1, -0.05) is 29.8 Å². The van der Waals surface area contributed by atoms with Crippen molar-refractivity contribution in [2.24, 2.45) is 5.92 Å². The zero-order valence-electron chi connectivity index (χ0n) is 17.1. The first-order chi connectivity index (χ1) is 14.1. The first-order valence-electron chi connectivity index (χ1n) is 10.6. The lowest BCUT2D eigenvalue weighted by Crippen LogP contribution is -2.32. The van der Waals surface area contributed by atoms with E-state index >= 15 is 0 Å². The summed E-state index contributed by atoms with van der Waals surface area (Å²) in [6.45, 7) is 5.18. The monoisotopic (exact) mass is 391 g/mol. The summed E-state index contributed by atoms with van der Waals surface area (Å²) in [6, 6.07) is 16.3. The van der Waals surface area contributed by atoms with Gasteiger partial charge in [-0.3, -0.25) is 9.59 Å². The minimum atomic E-state index is -0.297. The summed E-state index contributed by atoms with van der Waals surface area (Å²) in [5.41, 5.74) is 4.34. The summed E-state index contributed by atoms with van der Waals surface area (Å²) >= 11 is 0. The van der Waals surface area contributed by atoms with E-state index in [1.54, 1.807) is 4.90 Å². The molecule has 152 valence electrons. The average Bonchev–Trinajstić information content (AvgIpc) is 3.14. The SMILES string of the molecule is Cc1cccc(CNC(=O)C2CC(=O)N(c3ccc(N4CCCCC4)cc3)C2)c1. The minimum absolute atomic E-state index is 0.0198. The summed E-state index contributed by atoms with van der Waals surface area (Å²) in [6.07, 6.45) is 4.06. The number of benzene rings is 2. The second-order valence-corrected chi connectivity index (χ2v) is 8.18. The number of amides is 2. The smallest absolute Gasteiger partial charge is 0.227 e. The molecule has 2 aliphatic heterocycles. The molecule has 2 amide bonds. The molecule has 5 nitrogen and oxygen atoms in total. The number of piperidine rings is 1. The van der Waals surface area contributed by atoms with Gasteiger partial charge in [0.15, 0.2) is 0 Å². The number of hydrogen-bond acceptors (Lipinski definition) is 3. The van der Waals surface area contributed by atoms with Crippen LogP contribution in [0.5, 0.6) is 0 Å². The predicted molar refractivity (Wildman–Crippen MR) is 116 cm³/mol. The third kappa shape index (κ3) is 4.61. The maximum Gasteiger partial charge on any atom is 0.227 e. The van der Waals surface area contributed by atoms with Crippen molar-refractivity contribution in [1.82, 2.24) is 5.32 Å². The van der Waals surface area contributed by atoms with Crippen LogP contribution in [0.4, 0.5) is 11.4 Å². The molecule has 0 aromatic heterocycles. The second kappa shape index (κ2) is 8.68. The molecule has 1 unspecified atom stereocenters. The molecule has 0 bridgehead atoms. The maximum absolute atomic E-state index is 12.6. The number of hydrogen-bond donors (Lipinski definition) is 1. The normalized spacial score (nSPS) is 19.5. The molecule has 0 aliphatic carbocycles. The van der Waals surface area contributed by atoms with Crippen molar-refractivity contribution in [2.75, 3.05) is 29.4 Å². The van der Waals surface area contributed by atoms with Crippen molar-refractivity contribution >= 4 is 23.2 Å². The summed E-state index contributed by atoms with van der Waals surface area (Å²) in [5, 5.41) is 2.99. The minimum Gasteiger partial charge on any atom is -0.372 e. The van der Waals surface area contributed by atoms with Gasteiger partial charge in [-0.15, -0.1) is 0 Å². The first kappa shape index (κ1) is 19.5. The third-order valence-corrected chi connectivity index (χ3v) is 5.93. The van der Waals surface area contributed by atoms with E-state index in [2.05, 4.69) is 28.4 Å². The van der Waals surface area contributed by atoms with Crippen molar-refractivity contribution < 1.29 is 9.59 Å². The van der Waals surface area contributed by atoms with Gasteiger partial charge in [0.1, 0.15) is 0 Å². The molecule has 2 heterocycles. The molecule has 0 saturated carbocycles. The van der Waals surface area contributed by atoms with Crippen LogP contribution >= 0.6 is 0 Å². The lowest BCUT2D eigenvalue weighted by atomic mass is 10.1. The molecule has 2 aromatic carbocycles. The Morgan fingerprint density at radius 2 is 1.76 bits per heavy atom. The Balaban J connectivity index is 1.35. The zero-order valence-corrected chi connectivity index (χ0v) is 17.1. The maximum atomic E-state index is 12.6. The highest BCUT2D eigenvalue weighted by Crippen LogP contribution is 2.28. The molecule has 4 rings (SSSR count). The molecule has 5 heteroatoms. The summed E-state index contributed by atoms with van der Waals surface area (Å²) in [5.74, 6) is -0.326. The van der Waals surface area contributed by atoms with Crippen LogP contribution in [0.25, 0.3) is 0 Å². The van der Waals surface area contributed by atoms with Gasteiger partial charge in [0.25, 0.3) is 0 Å². The van der Waals surface area contributed by atoms with Crippen molar-refractivity contribution in [1.29, 1.82) is 0 Å². The Morgan fingerprint density at radius 3 is 2.48 bits per heavy atom. The number of rotatable bonds is 5. The van der Waals surface area contributed by atoms with Crippen LogP contribution in [0, 0.1) is 12.8 Å².